The van der Waals surface area contributed by atoms with Crippen LogP contribution in [0, 0.1) is 13.8 Å². The van der Waals surface area contributed by atoms with Gasteiger partial charge in [0.15, 0.2) is 5.82 Å². The molecule has 2 bridgehead atoms. The van der Waals surface area contributed by atoms with Crippen molar-refractivity contribution in [1.29, 1.82) is 0 Å². The van der Waals surface area contributed by atoms with E-state index in [0.717, 1.165) is 47.8 Å². The second kappa shape index (κ2) is 6.80. The molecule has 0 spiro atoms. The van der Waals surface area contributed by atoms with Crippen LogP contribution in [0.5, 0.6) is 0 Å². The Balaban J connectivity index is 1.52. The number of amides is 1. The van der Waals surface area contributed by atoms with Gasteiger partial charge in [-0.3, -0.25) is 9.69 Å². The maximum atomic E-state index is 13.0. The van der Waals surface area contributed by atoms with E-state index in [9.17, 15) is 4.79 Å². The van der Waals surface area contributed by atoms with Gasteiger partial charge in [-0.25, -0.2) is 9.97 Å². The Morgan fingerprint density at radius 2 is 1.65 bits per heavy atom. The third kappa shape index (κ3) is 3.23. The zero-order valence-electron chi connectivity index (χ0n) is 15.8. The number of fused-ring (bicyclic) bond motifs is 2. The van der Waals surface area contributed by atoms with Crippen LogP contribution >= 0.6 is 0 Å². The Kier molecular flexibility index (Phi) is 4.49. The highest BCUT2D eigenvalue weighted by molar-refractivity contribution is 5.94. The smallest absolute Gasteiger partial charge is 0.253 e. The predicted octanol–water partition coefficient (Wildman–Crippen LogP) is 3.07. The number of carbonyl (C=O) groups excluding carboxylic acids is 1. The Hall–Kier alpha value is -2.27. The van der Waals surface area contributed by atoms with Crippen molar-refractivity contribution in [3.8, 4) is 11.4 Å². The van der Waals surface area contributed by atoms with Crippen LogP contribution < -0.4 is 0 Å². The fraction of sp³-hybridized carbons (Fsp3) is 0.476. The zero-order chi connectivity index (χ0) is 18.3. The molecule has 0 saturated carbocycles. The summed E-state index contributed by atoms with van der Waals surface area (Å²) in [5.74, 6) is 0.856. The Morgan fingerprint density at radius 3 is 2.35 bits per heavy atom. The zero-order valence-corrected chi connectivity index (χ0v) is 15.8. The molecule has 1 aromatic heterocycles. The second-order valence-corrected chi connectivity index (χ2v) is 7.64. The Labute approximate surface area is 155 Å². The molecule has 2 aliphatic rings. The number of carbonyl (C=O) groups is 1. The van der Waals surface area contributed by atoms with Gasteiger partial charge in [0.2, 0.25) is 0 Å². The Morgan fingerprint density at radius 1 is 1.00 bits per heavy atom. The fourth-order valence-corrected chi connectivity index (χ4v) is 4.29. The van der Waals surface area contributed by atoms with Gasteiger partial charge >= 0.3 is 0 Å². The summed E-state index contributed by atoms with van der Waals surface area (Å²) in [6.07, 6.45) is 3.55. The first-order valence-corrected chi connectivity index (χ1v) is 9.45. The molecule has 5 heteroatoms. The topological polar surface area (TPSA) is 49.3 Å². The minimum Gasteiger partial charge on any atom is -0.337 e. The van der Waals surface area contributed by atoms with Gasteiger partial charge in [-0.15, -0.1) is 0 Å². The standard InChI is InChI=1S/C21H26N4O/c1-14-12-15(2)23-20(22-14)16-4-6-17(7-5-16)21(26)25-11-10-18-8-9-19(13-25)24(18)3/h4-7,12,18-19H,8-11,13H2,1-3H3/t18-,19+/m0/s1. The van der Waals surface area contributed by atoms with Crippen LogP contribution in [0.2, 0.25) is 0 Å². The predicted molar refractivity (Wildman–Crippen MR) is 102 cm³/mol. The molecule has 4 rings (SSSR count). The number of nitrogens with zero attached hydrogens (tertiary/aromatic N) is 4. The van der Waals surface area contributed by atoms with E-state index in [1.807, 2.05) is 49.1 Å². The van der Waals surface area contributed by atoms with Crippen LogP contribution in [0.4, 0.5) is 0 Å². The quantitative estimate of drug-likeness (QED) is 0.835. The lowest BCUT2D eigenvalue weighted by Gasteiger charge is -2.26. The van der Waals surface area contributed by atoms with E-state index in [-0.39, 0.29) is 5.91 Å². The van der Waals surface area contributed by atoms with Crippen molar-refractivity contribution in [1.82, 2.24) is 19.8 Å². The number of aromatic nitrogens is 2. The van der Waals surface area contributed by atoms with Crippen molar-refractivity contribution in [3.05, 3.63) is 47.3 Å². The van der Waals surface area contributed by atoms with Crippen LogP contribution in [-0.4, -0.2) is 57.9 Å². The molecule has 0 unspecified atom stereocenters. The molecule has 0 aliphatic carbocycles. The number of likely N-dealkylation sites (N-methyl/N-ethyl adjacent to an activating group) is 1. The fourth-order valence-electron chi connectivity index (χ4n) is 4.29. The summed E-state index contributed by atoms with van der Waals surface area (Å²) in [7, 11) is 2.20. The maximum Gasteiger partial charge on any atom is 0.253 e. The number of rotatable bonds is 2. The highest BCUT2D eigenvalue weighted by Crippen LogP contribution is 2.29. The van der Waals surface area contributed by atoms with Crippen molar-refractivity contribution in [2.75, 3.05) is 20.1 Å². The number of benzene rings is 1. The summed E-state index contributed by atoms with van der Waals surface area (Å²) in [5.41, 5.74) is 3.61. The van der Waals surface area contributed by atoms with E-state index >= 15 is 0 Å². The molecule has 0 radical (unpaired) electrons. The maximum absolute atomic E-state index is 13.0. The van der Waals surface area contributed by atoms with Gasteiger partial charge in [-0.2, -0.15) is 0 Å². The highest BCUT2D eigenvalue weighted by Gasteiger charge is 2.36. The van der Waals surface area contributed by atoms with E-state index in [1.54, 1.807) is 0 Å². The van der Waals surface area contributed by atoms with Gasteiger partial charge < -0.3 is 4.90 Å². The molecule has 1 amide bonds. The summed E-state index contributed by atoms with van der Waals surface area (Å²) < 4.78 is 0. The normalized spacial score (nSPS) is 23.1. The van der Waals surface area contributed by atoms with Crippen LogP contribution in [0.1, 0.15) is 41.0 Å². The molecule has 2 fully saturated rings. The Bertz CT molecular complexity index is 797. The van der Waals surface area contributed by atoms with Crippen LogP contribution in [0.15, 0.2) is 30.3 Å². The lowest BCUT2D eigenvalue weighted by Crippen LogP contribution is -2.39. The number of aryl methyl sites for hydroxylation is 2. The monoisotopic (exact) mass is 350 g/mol. The van der Waals surface area contributed by atoms with Crippen molar-refractivity contribution in [2.24, 2.45) is 0 Å². The van der Waals surface area contributed by atoms with E-state index in [0.29, 0.717) is 12.1 Å². The van der Waals surface area contributed by atoms with Gasteiger partial charge in [-0.1, -0.05) is 12.1 Å². The number of hydrogen-bond donors (Lipinski definition) is 0. The summed E-state index contributed by atoms with van der Waals surface area (Å²) in [5, 5.41) is 0. The van der Waals surface area contributed by atoms with E-state index in [2.05, 4.69) is 21.9 Å². The molecule has 136 valence electrons. The number of hydrogen-bond acceptors (Lipinski definition) is 4. The van der Waals surface area contributed by atoms with Gasteiger partial charge in [0.1, 0.15) is 0 Å². The summed E-state index contributed by atoms with van der Waals surface area (Å²) in [4.78, 5) is 26.5. The average molecular weight is 350 g/mol. The summed E-state index contributed by atoms with van der Waals surface area (Å²) >= 11 is 0. The highest BCUT2D eigenvalue weighted by atomic mass is 16.2. The molecule has 2 atom stereocenters. The van der Waals surface area contributed by atoms with Crippen molar-refractivity contribution in [2.45, 2.75) is 45.2 Å². The molecule has 3 heterocycles. The van der Waals surface area contributed by atoms with Gasteiger partial charge in [0, 0.05) is 47.7 Å². The molecular weight excluding hydrogens is 324 g/mol. The molecule has 1 aromatic carbocycles. The molecule has 2 saturated heterocycles. The molecule has 2 aromatic rings. The third-order valence-corrected chi connectivity index (χ3v) is 5.81. The number of likely N-dealkylation sites (tertiary alicyclic amines) is 1. The van der Waals surface area contributed by atoms with Crippen molar-refractivity contribution >= 4 is 5.91 Å². The molecule has 26 heavy (non-hydrogen) atoms. The van der Waals surface area contributed by atoms with E-state index < -0.39 is 0 Å². The van der Waals surface area contributed by atoms with Gasteiger partial charge in [0.25, 0.3) is 5.91 Å². The van der Waals surface area contributed by atoms with Gasteiger partial charge in [-0.05, 0) is 58.4 Å². The lowest BCUT2D eigenvalue weighted by atomic mass is 10.1. The SMILES string of the molecule is Cc1cc(C)nc(-c2ccc(C(=O)N3CC[C@@H]4CC[C@H](C3)N4C)cc2)n1. The van der Waals surface area contributed by atoms with Crippen LogP contribution in [0.3, 0.4) is 0 Å². The lowest BCUT2D eigenvalue weighted by molar-refractivity contribution is 0.0740. The van der Waals surface area contributed by atoms with Gasteiger partial charge in [0.05, 0.1) is 0 Å². The summed E-state index contributed by atoms with van der Waals surface area (Å²) in [6, 6.07) is 10.8. The first kappa shape index (κ1) is 17.2. The van der Waals surface area contributed by atoms with Crippen LogP contribution in [-0.2, 0) is 0 Å². The molecule has 0 N–H and O–H groups in total. The minimum atomic E-state index is 0.138. The first-order chi connectivity index (χ1) is 12.5. The van der Waals surface area contributed by atoms with E-state index in [1.165, 1.54) is 12.8 Å². The first-order valence-electron chi connectivity index (χ1n) is 9.45. The molecule has 2 aliphatic heterocycles. The average Bonchev–Trinajstić information content (AvgIpc) is 2.86. The van der Waals surface area contributed by atoms with Crippen molar-refractivity contribution < 1.29 is 4.79 Å². The molecule has 5 nitrogen and oxygen atoms in total. The molecular formula is C21H26N4O. The third-order valence-electron chi connectivity index (χ3n) is 5.81. The van der Waals surface area contributed by atoms with E-state index in [4.69, 9.17) is 0 Å². The van der Waals surface area contributed by atoms with Crippen LogP contribution in [0.25, 0.3) is 11.4 Å². The largest absolute Gasteiger partial charge is 0.337 e. The van der Waals surface area contributed by atoms with Crippen molar-refractivity contribution in [3.63, 3.8) is 0 Å². The second-order valence-electron chi connectivity index (χ2n) is 7.64. The summed E-state index contributed by atoms with van der Waals surface area (Å²) in [6.45, 7) is 5.64. The minimum absolute atomic E-state index is 0.138.